The van der Waals surface area contributed by atoms with Gasteiger partial charge in [-0.05, 0) is 77.5 Å². The largest absolute Gasteiger partial charge is 0.495 e. The predicted octanol–water partition coefficient (Wildman–Crippen LogP) is 4.96. The van der Waals surface area contributed by atoms with Crippen molar-refractivity contribution >= 4 is 43.2 Å². The number of halogens is 1. The highest BCUT2D eigenvalue weighted by Crippen LogP contribution is 2.32. The van der Waals surface area contributed by atoms with Gasteiger partial charge in [0.2, 0.25) is 5.91 Å². The number of carbonyl (C=O) groups excluding carboxylic acids is 1. The zero-order valence-electron chi connectivity index (χ0n) is 20.6. The number of nitrogens with zero attached hydrogens (tertiary/aromatic N) is 1. The van der Waals surface area contributed by atoms with Crippen molar-refractivity contribution in [2.24, 2.45) is 11.8 Å². The molecule has 2 N–H and O–H groups in total. The Bertz CT molecular complexity index is 1130. The average molecular weight is 569 g/mol. The fourth-order valence-corrected chi connectivity index (χ4v) is 6.21. The third-order valence-electron chi connectivity index (χ3n) is 5.82. The van der Waals surface area contributed by atoms with E-state index in [1.54, 1.807) is 24.3 Å². The molecule has 0 radical (unpaired) electrons. The average Bonchev–Trinajstić information content (AvgIpc) is 2.79. The highest BCUT2D eigenvalue weighted by molar-refractivity contribution is 9.10. The van der Waals surface area contributed by atoms with E-state index in [9.17, 15) is 13.2 Å². The van der Waals surface area contributed by atoms with E-state index in [2.05, 4.69) is 44.7 Å². The first-order chi connectivity index (χ1) is 16.6. The summed E-state index contributed by atoms with van der Waals surface area (Å²) in [5, 5.41) is 2.82. The van der Waals surface area contributed by atoms with E-state index >= 15 is 0 Å². The van der Waals surface area contributed by atoms with Crippen molar-refractivity contribution < 1.29 is 22.7 Å². The van der Waals surface area contributed by atoms with Crippen LogP contribution in [-0.4, -0.2) is 52.6 Å². The molecule has 0 bridgehead atoms. The summed E-state index contributed by atoms with van der Waals surface area (Å²) < 4.78 is 40.3. The van der Waals surface area contributed by atoms with Gasteiger partial charge in [-0.2, -0.15) is 0 Å². The summed E-state index contributed by atoms with van der Waals surface area (Å²) in [6, 6.07) is 9.51. The molecule has 0 spiro atoms. The summed E-state index contributed by atoms with van der Waals surface area (Å²) in [6.07, 6.45) is 1.56. The van der Waals surface area contributed by atoms with Gasteiger partial charge in [-0.15, -0.1) is 0 Å². The molecule has 0 saturated carbocycles. The first-order valence-corrected chi connectivity index (χ1v) is 14.0. The number of amides is 1. The van der Waals surface area contributed by atoms with Gasteiger partial charge in [0.15, 0.2) is 0 Å². The minimum Gasteiger partial charge on any atom is -0.495 e. The number of carbonyl (C=O) groups is 1. The van der Waals surface area contributed by atoms with Gasteiger partial charge in [-0.1, -0.05) is 13.8 Å². The van der Waals surface area contributed by atoms with Crippen molar-refractivity contribution in [3.63, 3.8) is 0 Å². The van der Waals surface area contributed by atoms with Crippen molar-refractivity contribution in [2.75, 3.05) is 43.4 Å². The number of anilines is 2. The molecule has 0 aliphatic carbocycles. The van der Waals surface area contributed by atoms with Crippen molar-refractivity contribution in [1.29, 1.82) is 0 Å². The van der Waals surface area contributed by atoms with Crippen LogP contribution in [0.25, 0.3) is 0 Å². The van der Waals surface area contributed by atoms with Gasteiger partial charge in [-0.3, -0.25) is 9.52 Å². The second-order valence-corrected chi connectivity index (χ2v) is 11.6. The van der Waals surface area contributed by atoms with Crippen LogP contribution in [0.2, 0.25) is 0 Å². The lowest BCUT2D eigenvalue weighted by Crippen LogP contribution is -2.40. The number of ether oxygens (including phenoxy) is 2. The molecule has 2 aromatic rings. The standard InChI is InChI=1S/C25H34BrN3O5S/c1-5-34-22-8-7-20(13-21(22)26)28-35(31,32)24-14-19(6-9-23(24)33-4)27-25(30)10-11-29-15-17(2)12-18(3)16-29/h6-9,13-14,17-18,28H,5,10-12,15-16H2,1-4H3,(H,27,30). The Kier molecular flexibility index (Phi) is 9.43. The lowest BCUT2D eigenvalue weighted by molar-refractivity contribution is -0.116. The molecule has 1 saturated heterocycles. The summed E-state index contributed by atoms with van der Waals surface area (Å²) in [4.78, 5) is 14.8. The number of piperidine rings is 1. The summed E-state index contributed by atoms with van der Waals surface area (Å²) in [5.74, 6) is 1.88. The van der Waals surface area contributed by atoms with Gasteiger partial charge in [0.1, 0.15) is 16.4 Å². The molecule has 2 atom stereocenters. The second-order valence-electron chi connectivity index (χ2n) is 9.05. The molecule has 1 fully saturated rings. The van der Waals surface area contributed by atoms with E-state index in [0.29, 0.717) is 53.0 Å². The lowest BCUT2D eigenvalue weighted by Gasteiger charge is -2.34. The van der Waals surface area contributed by atoms with Crippen molar-refractivity contribution in [3.05, 3.63) is 40.9 Å². The first-order valence-electron chi connectivity index (χ1n) is 11.8. The molecule has 192 valence electrons. The van der Waals surface area contributed by atoms with Crippen molar-refractivity contribution in [2.45, 2.75) is 38.5 Å². The summed E-state index contributed by atoms with van der Waals surface area (Å²) >= 11 is 3.39. The maximum atomic E-state index is 13.2. The first kappa shape index (κ1) is 27.3. The summed E-state index contributed by atoms with van der Waals surface area (Å²) in [7, 11) is -2.59. The topological polar surface area (TPSA) is 97.0 Å². The van der Waals surface area contributed by atoms with Crippen LogP contribution >= 0.6 is 15.9 Å². The Labute approximate surface area is 216 Å². The van der Waals surface area contributed by atoms with Crippen LogP contribution in [0.1, 0.15) is 33.6 Å². The van der Waals surface area contributed by atoms with Gasteiger partial charge in [-0.25, -0.2) is 8.42 Å². The van der Waals surface area contributed by atoms with Gasteiger partial charge in [0.05, 0.1) is 23.9 Å². The number of likely N-dealkylation sites (tertiary alicyclic amines) is 1. The van der Waals surface area contributed by atoms with E-state index in [0.717, 1.165) is 13.1 Å². The fraction of sp³-hybridized carbons (Fsp3) is 0.480. The Morgan fingerprint density at radius 2 is 1.74 bits per heavy atom. The van der Waals surface area contributed by atoms with Crippen molar-refractivity contribution in [3.8, 4) is 11.5 Å². The van der Waals surface area contributed by atoms with Crippen LogP contribution in [0.5, 0.6) is 11.5 Å². The molecule has 35 heavy (non-hydrogen) atoms. The molecule has 1 heterocycles. The van der Waals surface area contributed by atoms with Gasteiger partial charge >= 0.3 is 0 Å². The number of sulfonamides is 1. The lowest BCUT2D eigenvalue weighted by atomic mass is 9.92. The second kappa shape index (κ2) is 12.1. The smallest absolute Gasteiger partial charge is 0.265 e. The normalized spacial score (nSPS) is 18.7. The molecule has 1 aliphatic heterocycles. The van der Waals surface area contributed by atoms with Crippen molar-refractivity contribution in [1.82, 2.24) is 4.90 Å². The molecule has 3 rings (SSSR count). The molecule has 10 heteroatoms. The molecule has 2 aromatic carbocycles. The van der Waals surface area contributed by atoms with E-state index in [-0.39, 0.29) is 16.6 Å². The maximum Gasteiger partial charge on any atom is 0.265 e. The monoisotopic (exact) mass is 567 g/mol. The SMILES string of the molecule is CCOc1ccc(NS(=O)(=O)c2cc(NC(=O)CCN3CC(C)CC(C)C3)ccc2OC)cc1Br. The van der Waals surface area contributed by atoms with Crippen LogP contribution in [0.3, 0.4) is 0 Å². The zero-order valence-corrected chi connectivity index (χ0v) is 23.0. The minimum atomic E-state index is -3.99. The quantitative estimate of drug-likeness (QED) is 0.421. The molecule has 1 amide bonds. The predicted molar refractivity (Wildman–Crippen MR) is 142 cm³/mol. The third kappa shape index (κ3) is 7.59. The number of nitrogens with one attached hydrogen (secondary N) is 2. The van der Waals surface area contributed by atoms with Crippen LogP contribution in [0.4, 0.5) is 11.4 Å². The highest BCUT2D eigenvalue weighted by atomic mass is 79.9. The zero-order chi connectivity index (χ0) is 25.6. The summed E-state index contributed by atoms with van der Waals surface area (Å²) in [6.45, 7) is 9.51. The highest BCUT2D eigenvalue weighted by Gasteiger charge is 2.23. The number of hydrogen-bond acceptors (Lipinski definition) is 6. The van der Waals surface area contributed by atoms with Gasteiger partial charge in [0, 0.05) is 31.7 Å². The fourth-order valence-electron chi connectivity index (χ4n) is 4.47. The molecule has 8 nitrogen and oxygen atoms in total. The Hall–Kier alpha value is -2.30. The van der Waals surface area contributed by atoms with Gasteiger partial charge in [0.25, 0.3) is 10.0 Å². The van der Waals surface area contributed by atoms with E-state index < -0.39 is 10.0 Å². The van der Waals surface area contributed by atoms with Crippen LogP contribution in [0, 0.1) is 11.8 Å². The number of methoxy groups -OCH3 is 1. The number of rotatable bonds is 10. The van der Waals surface area contributed by atoms with E-state index in [4.69, 9.17) is 9.47 Å². The molecular formula is C25H34BrN3O5S. The number of hydrogen-bond donors (Lipinski definition) is 2. The third-order valence-corrected chi connectivity index (χ3v) is 7.84. The number of benzene rings is 2. The Morgan fingerprint density at radius 3 is 2.37 bits per heavy atom. The summed E-state index contributed by atoms with van der Waals surface area (Å²) in [5.41, 5.74) is 0.756. The van der Waals surface area contributed by atoms with Crippen LogP contribution in [-0.2, 0) is 14.8 Å². The van der Waals surface area contributed by atoms with Gasteiger partial charge < -0.3 is 19.7 Å². The van der Waals surface area contributed by atoms with Crippen LogP contribution in [0.15, 0.2) is 45.8 Å². The minimum absolute atomic E-state index is 0.0681. The molecule has 2 unspecified atom stereocenters. The Morgan fingerprint density at radius 1 is 1.09 bits per heavy atom. The Balaban J connectivity index is 1.70. The molecule has 0 aromatic heterocycles. The maximum absolute atomic E-state index is 13.2. The van der Waals surface area contributed by atoms with Crippen LogP contribution < -0.4 is 19.5 Å². The van der Waals surface area contributed by atoms with E-state index in [1.165, 1.54) is 25.7 Å². The molecule has 1 aliphatic rings. The molecular weight excluding hydrogens is 534 g/mol. The van der Waals surface area contributed by atoms with E-state index in [1.807, 2.05) is 6.92 Å².